The number of nitrogens with two attached hydrogens (primary N) is 1. The first-order chi connectivity index (χ1) is 14.0. The average Bonchev–Trinajstić information content (AvgIpc) is 2.76. The quantitative estimate of drug-likeness (QED) is 0.302. The van der Waals surface area contributed by atoms with Gasteiger partial charge in [0.25, 0.3) is 11.8 Å². The van der Waals surface area contributed by atoms with Gasteiger partial charge in [0.05, 0.1) is 19.3 Å². The zero-order chi connectivity index (χ0) is 20.8. The molecule has 9 heteroatoms. The molecule has 0 radical (unpaired) electrons. The van der Waals surface area contributed by atoms with E-state index in [2.05, 4.69) is 10.5 Å². The zero-order valence-electron chi connectivity index (χ0n) is 15.5. The Bertz CT molecular complexity index is 917. The molecule has 1 aliphatic heterocycles. The highest BCUT2D eigenvalue weighted by molar-refractivity contribution is 5.99. The fraction of sp³-hybridized carbons (Fsp3) is 0.250. The molecule has 1 unspecified atom stereocenters. The number of morpholine rings is 1. The summed E-state index contributed by atoms with van der Waals surface area (Å²) in [4.78, 5) is 26.8. The van der Waals surface area contributed by atoms with Crippen LogP contribution in [0.15, 0.2) is 53.7 Å². The highest BCUT2D eigenvalue weighted by atomic mass is 19.1. The lowest BCUT2D eigenvalue weighted by Gasteiger charge is -2.35. The monoisotopic (exact) mass is 400 g/mol. The molecule has 152 valence electrons. The molecule has 1 aliphatic rings. The van der Waals surface area contributed by atoms with Crippen molar-refractivity contribution in [1.82, 2.24) is 10.2 Å². The van der Waals surface area contributed by atoms with Crippen LogP contribution < -0.4 is 11.1 Å². The van der Waals surface area contributed by atoms with Crippen molar-refractivity contribution < 1.29 is 23.9 Å². The summed E-state index contributed by atoms with van der Waals surface area (Å²) in [6.45, 7) is 1.18. The second-order valence-electron chi connectivity index (χ2n) is 6.51. The third-order valence-corrected chi connectivity index (χ3v) is 4.61. The number of carbonyl (C=O) groups excluding carboxylic acids is 2. The summed E-state index contributed by atoms with van der Waals surface area (Å²) < 4.78 is 18.9. The zero-order valence-corrected chi connectivity index (χ0v) is 15.5. The maximum absolute atomic E-state index is 13.5. The van der Waals surface area contributed by atoms with Crippen molar-refractivity contribution in [2.75, 3.05) is 26.3 Å². The van der Waals surface area contributed by atoms with Gasteiger partial charge in [-0.15, -0.1) is 0 Å². The van der Waals surface area contributed by atoms with Crippen LogP contribution in [-0.2, 0) is 4.74 Å². The smallest absolute Gasteiger partial charge is 0.254 e. The molecule has 0 spiro atoms. The Morgan fingerprint density at radius 2 is 1.93 bits per heavy atom. The van der Waals surface area contributed by atoms with Crippen molar-refractivity contribution in [3.05, 3.63) is 71.0 Å². The number of halogens is 1. The van der Waals surface area contributed by atoms with Crippen LogP contribution in [-0.4, -0.2) is 60.1 Å². The van der Waals surface area contributed by atoms with E-state index in [1.165, 1.54) is 18.2 Å². The molecule has 0 bridgehead atoms. The van der Waals surface area contributed by atoms with E-state index in [4.69, 9.17) is 15.7 Å². The lowest BCUT2D eigenvalue weighted by atomic mass is 10.1. The maximum Gasteiger partial charge on any atom is 0.254 e. The molecule has 0 aromatic heterocycles. The molecule has 1 heterocycles. The van der Waals surface area contributed by atoms with Crippen molar-refractivity contribution >= 4 is 17.6 Å². The van der Waals surface area contributed by atoms with E-state index in [1.807, 2.05) is 0 Å². The summed E-state index contributed by atoms with van der Waals surface area (Å²) in [6.07, 6.45) is 0. The first kappa shape index (κ1) is 20.3. The minimum absolute atomic E-state index is 0.0529. The first-order valence-electron chi connectivity index (χ1n) is 9.00. The number of amides is 2. The molecule has 3 rings (SSSR count). The van der Waals surface area contributed by atoms with Gasteiger partial charge in [-0.05, 0) is 30.3 Å². The number of hydrogen-bond acceptors (Lipinski definition) is 5. The van der Waals surface area contributed by atoms with E-state index in [-0.39, 0.29) is 42.4 Å². The highest BCUT2D eigenvalue weighted by Crippen LogP contribution is 2.14. The maximum atomic E-state index is 13.5. The standard InChI is InChI=1S/C20H21FN4O4/c21-16-3-1-2-15(10-16)20(27)25-8-9-29-12-17(25)11-23-19(26)14-6-4-13(5-7-14)18(22)24-28/h1-7,10,17,28H,8-9,11-12H2,(H2,22,24)(H,23,26). The number of hydrogen-bond donors (Lipinski definition) is 3. The van der Waals surface area contributed by atoms with E-state index < -0.39 is 5.82 Å². The Hall–Kier alpha value is -3.46. The molecule has 0 saturated carbocycles. The number of nitrogens with zero attached hydrogens (tertiary/aromatic N) is 2. The van der Waals surface area contributed by atoms with Crippen molar-refractivity contribution in [1.29, 1.82) is 0 Å². The molecule has 1 atom stereocenters. The summed E-state index contributed by atoms with van der Waals surface area (Å²) in [5.41, 5.74) is 6.63. The molecule has 4 N–H and O–H groups in total. The SMILES string of the molecule is N/C(=N\O)c1ccc(C(=O)NCC2COCCN2C(=O)c2cccc(F)c2)cc1. The topological polar surface area (TPSA) is 117 Å². The Balaban J connectivity index is 1.64. The van der Waals surface area contributed by atoms with Crippen molar-refractivity contribution in [3.8, 4) is 0 Å². The van der Waals surface area contributed by atoms with E-state index in [1.54, 1.807) is 35.2 Å². The molecule has 2 aromatic rings. The largest absolute Gasteiger partial charge is 0.409 e. The van der Waals surface area contributed by atoms with Crippen LogP contribution in [0.3, 0.4) is 0 Å². The summed E-state index contributed by atoms with van der Waals surface area (Å²) in [6, 6.07) is 11.4. The van der Waals surface area contributed by atoms with Crippen LogP contribution in [0.2, 0.25) is 0 Å². The van der Waals surface area contributed by atoms with Crippen LogP contribution in [0.1, 0.15) is 26.3 Å². The third-order valence-electron chi connectivity index (χ3n) is 4.61. The number of oxime groups is 1. The minimum Gasteiger partial charge on any atom is -0.409 e. The number of ether oxygens (including phenoxy) is 1. The summed E-state index contributed by atoms with van der Waals surface area (Å²) in [7, 11) is 0. The molecule has 0 aliphatic carbocycles. The average molecular weight is 400 g/mol. The van der Waals surface area contributed by atoms with Crippen molar-refractivity contribution in [2.24, 2.45) is 10.9 Å². The van der Waals surface area contributed by atoms with Gasteiger partial charge in [-0.25, -0.2) is 4.39 Å². The summed E-state index contributed by atoms with van der Waals surface area (Å²) in [5, 5.41) is 14.4. The molecule has 8 nitrogen and oxygen atoms in total. The van der Waals surface area contributed by atoms with E-state index in [9.17, 15) is 14.0 Å². The Morgan fingerprint density at radius 3 is 2.62 bits per heavy atom. The second-order valence-corrected chi connectivity index (χ2v) is 6.51. The number of nitrogens with one attached hydrogen (secondary N) is 1. The predicted molar refractivity (Wildman–Crippen MR) is 103 cm³/mol. The number of amidine groups is 1. The predicted octanol–water partition coefficient (Wildman–Crippen LogP) is 1.19. The molecular formula is C20H21FN4O4. The van der Waals surface area contributed by atoms with E-state index in [0.29, 0.717) is 24.3 Å². The molecular weight excluding hydrogens is 379 g/mol. The number of benzene rings is 2. The van der Waals surface area contributed by atoms with Gasteiger partial charge in [0, 0.05) is 29.8 Å². The number of rotatable bonds is 5. The molecule has 2 aromatic carbocycles. The van der Waals surface area contributed by atoms with Gasteiger partial charge < -0.3 is 25.9 Å². The summed E-state index contributed by atoms with van der Waals surface area (Å²) in [5.74, 6) is -1.18. The Labute approximate surface area is 166 Å². The van der Waals surface area contributed by atoms with Gasteiger partial charge in [-0.3, -0.25) is 9.59 Å². The van der Waals surface area contributed by atoms with Gasteiger partial charge in [0.15, 0.2) is 5.84 Å². The number of carbonyl (C=O) groups is 2. The lowest BCUT2D eigenvalue weighted by Crippen LogP contribution is -2.53. The van der Waals surface area contributed by atoms with Crippen molar-refractivity contribution in [2.45, 2.75) is 6.04 Å². The Morgan fingerprint density at radius 1 is 1.21 bits per heavy atom. The van der Waals surface area contributed by atoms with Crippen LogP contribution in [0, 0.1) is 5.82 Å². The van der Waals surface area contributed by atoms with Gasteiger partial charge in [0.2, 0.25) is 0 Å². The van der Waals surface area contributed by atoms with Crippen LogP contribution in [0.5, 0.6) is 0 Å². The second kappa shape index (κ2) is 9.16. The molecule has 1 saturated heterocycles. The van der Waals surface area contributed by atoms with Crippen LogP contribution >= 0.6 is 0 Å². The van der Waals surface area contributed by atoms with Crippen LogP contribution in [0.25, 0.3) is 0 Å². The van der Waals surface area contributed by atoms with Crippen molar-refractivity contribution in [3.63, 3.8) is 0 Å². The van der Waals surface area contributed by atoms with Crippen LogP contribution in [0.4, 0.5) is 4.39 Å². The lowest BCUT2D eigenvalue weighted by molar-refractivity contribution is -0.00131. The highest BCUT2D eigenvalue weighted by Gasteiger charge is 2.28. The van der Waals surface area contributed by atoms with Gasteiger partial charge >= 0.3 is 0 Å². The molecule has 29 heavy (non-hydrogen) atoms. The Kier molecular flexibility index (Phi) is 6.40. The van der Waals surface area contributed by atoms with E-state index in [0.717, 1.165) is 0 Å². The molecule has 2 amide bonds. The van der Waals surface area contributed by atoms with Gasteiger partial charge in [-0.2, -0.15) is 0 Å². The third kappa shape index (κ3) is 4.88. The summed E-state index contributed by atoms with van der Waals surface area (Å²) >= 11 is 0. The minimum atomic E-state index is -0.482. The molecule has 1 fully saturated rings. The fourth-order valence-electron chi connectivity index (χ4n) is 3.04. The van der Waals surface area contributed by atoms with E-state index >= 15 is 0 Å². The van der Waals surface area contributed by atoms with Gasteiger partial charge in [0.1, 0.15) is 5.82 Å². The normalized spacial score (nSPS) is 17.1. The van der Waals surface area contributed by atoms with Gasteiger partial charge in [-0.1, -0.05) is 23.4 Å². The first-order valence-corrected chi connectivity index (χ1v) is 9.00. The fourth-order valence-corrected chi connectivity index (χ4v) is 3.04.